The highest BCUT2D eigenvalue weighted by Gasteiger charge is 2.00. The van der Waals surface area contributed by atoms with Gasteiger partial charge in [-0.2, -0.15) is 0 Å². The van der Waals surface area contributed by atoms with Crippen LogP contribution in [0.3, 0.4) is 0 Å². The van der Waals surface area contributed by atoms with Crippen LogP contribution in [0.25, 0.3) is 11.5 Å². The molecule has 0 amide bonds. The van der Waals surface area contributed by atoms with Crippen LogP contribution in [0.5, 0.6) is 0 Å². The van der Waals surface area contributed by atoms with Gasteiger partial charge in [-0.25, -0.2) is 15.0 Å². The van der Waals surface area contributed by atoms with Crippen LogP contribution in [0.4, 0.5) is 0 Å². The zero-order valence-electron chi connectivity index (χ0n) is 6.10. The molecule has 0 aliphatic heterocycles. The summed E-state index contributed by atoms with van der Waals surface area (Å²) in [6.07, 6.45) is 5.07. The van der Waals surface area contributed by atoms with Crippen molar-refractivity contribution in [3.05, 3.63) is 24.7 Å². The van der Waals surface area contributed by atoms with Gasteiger partial charge < -0.3 is 4.98 Å². The second kappa shape index (κ2) is 2.94. The van der Waals surface area contributed by atoms with E-state index < -0.39 is 0 Å². The van der Waals surface area contributed by atoms with Gasteiger partial charge in [0.1, 0.15) is 5.69 Å². The van der Waals surface area contributed by atoms with Crippen molar-refractivity contribution < 1.29 is 0 Å². The fourth-order valence-electron chi connectivity index (χ4n) is 0.886. The van der Waals surface area contributed by atoms with Crippen LogP contribution in [0.2, 0.25) is 0 Å². The summed E-state index contributed by atoms with van der Waals surface area (Å²) < 4.78 is 0. The lowest BCUT2D eigenvalue weighted by atomic mass is 10.4. The average molecular weight is 178 g/mol. The third-order valence-electron chi connectivity index (χ3n) is 1.38. The third kappa shape index (κ3) is 1.31. The van der Waals surface area contributed by atoms with Gasteiger partial charge in [0.05, 0.1) is 0 Å². The fourth-order valence-corrected chi connectivity index (χ4v) is 1.06. The first-order valence-electron chi connectivity index (χ1n) is 3.38. The van der Waals surface area contributed by atoms with E-state index in [0.29, 0.717) is 5.16 Å². The number of thiol groups is 1. The second-order valence-corrected chi connectivity index (χ2v) is 2.58. The summed E-state index contributed by atoms with van der Waals surface area (Å²) in [6, 6.07) is 1.78. The number of hydrogen-bond acceptors (Lipinski definition) is 4. The Hall–Kier alpha value is -1.36. The van der Waals surface area contributed by atoms with Gasteiger partial charge in [-0.1, -0.05) is 0 Å². The Morgan fingerprint density at radius 1 is 1.25 bits per heavy atom. The molecule has 0 saturated carbocycles. The predicted molar refractivity (Wildman–Crippen MR) is 46.9 cm³/mol. The molecule has 1 N–H and O–H groups in total. The fraction of sp³-hybridized carbons (Fsp3) is 0. The van der Waals surface area contributed by atoms with Crippen LogP contribution < -0.4 is 0 Å². The summed E-state index contributed by atoms with van der Waals surface area (Å²) in [6.45, 7) is 0. The summed E-state index contributed by atoms with van der Waals surface area (Å²) in [4.78, 5) is 14.9. The Kier molecular flexibility index (Phi) is 1.79. The highest BCUT2D eigenvalue weighted by molar-refractivity contribution is 7.80. The number of imidazole rings is 1. The van der Waals surface area contributed by atoms with E-state index in [-0.39, 0.29) is 0 Å². The highest BCUT2D eigenvalue weighted by Crippen LogP contribution is 2.10. The van der Waals surface area contributed by atoms with Gasteiger partial charge in [-0.3, -0.25) is 0 Å². The molecule has 0 aliphatic rings. The first-order chi connectivity index (χ1) is 5.86. The van der Waals surface area contributed by atoms with Gasteiger partial charge in [0.2, 0.25) is 0 Å². The van der Waals surface area contributed by atoms with Crippen molar-refractivity contribution in [1.82, 2.24) is 19.9 Å². The maximum absolute atomic E-state index is 4.07. The number of aromatic nitrogens is 4. The minimum atomic E-state index is 0.448. The topological polar surface area (TPSA) is 54.5 Å². The molecule has 4 nitrogen and oxygen atoms in total. The largest absolute Gasteiger partial charge is 0.343 e. The van der Waals surface area contributed by atoms with Crippen molar-refractivity contribution in [2.75, 3.05) is 0 Å². The van der Waals surface area contributed by atoms with Crippen LogP contribution in [-0.2, 0) is 0 Å². The molecule has 0 saturated heterocycles. The van der Waals surface area contributed by atoms with E-state index in [1.807, 2.05) is 0 Å². The first-order valence-corrected chi connectivity index (χ1v) is 3.83. The quantitative estimate of drug-likeness (QED) is 0.509. The highest BCUT2D eigenvalue weighted by atomic mass is 32.1. The van der Waals surface area contributed by atoms with E-state index in [4.69, 9.17) is 0 Å². The summed E-state index contributed by atoms with van der Waals surface area (Å²) in [7, 11) is 0. The van der Waals surface area contributed by atoms with Gasteiger partial charge in [-0.15, -0.1) is 12.6 Å². The Morgan fingerprint density at radius 3 is 2.83 bits per heavy atom. The lowest BCUT2D eigenvalue weighted by molar-refractivity contribution is 0.971. The Morgan fingerprint density at radius 2 is 2.17 bits per heavy atom. The molecule has 2 heterocycles. The van der Waals surface area contributed by atoms with Gasteiger partial charge in [0.25, 0.3) is 0 Å². The van der Waals surface area contributed by atoms with Crippen molar-refractivity contribution in [1.29, 1.82) is 0 Å². The molecule has 5 heteroatoms. The van der Waals surface area contributed by atoms with Crippen molar-refractivity contribution in [2.45, 2.75) is 5.16 Å². The summed E-state index contributed by atoms with van der Waals surface area (Å²) in [5.74, 6) is 0.729. The van der Waals surface area contributed by atoms with Crippen molar-refractivity contribution in [3.63, 3.8) is 0 Å². The molecule has 0 radical (unpaired) electrons. The van der Waals surface area contributed by atoms with E-state index in [9.17, 15) is 0 Å². The number of hydrogen-bond donors (Lipinski definition) is 2. The van der Waals surface area contributed by atoms with Crippen molar-refractivity contribution in [2.24, 2.45) is 0 Å². The van der Waals surface area contributed by atoms with E-state index in [0.717, 1.165) is 11.5 Å². The lowest BCUT2D eigenvalue weighted by Gasteiger charge is -1.94. The van der Waals surface area contributed by atoms with Gasteiger partial charge in [0, 0.05) is 18.6 Å². The van der Waals surface area contributed by atoms with Crippen molar-refractivity contribution >= 4 is 12.6 Å². The molecular formula is C7H6N4S. The Bertz CT molecular complexity index is 371. The van der Waals surface area contributed by atoms with Gasteiger partial charge in [-0.05, 0) is 6.07 Å². The van der Waals surface area contributed by atoms with E-state index >= 15 is 0 Å². The standard InChI is InChI=1S/C7H6N4S/c12-7-10-2-1-5(11-7)6-8-3-4-9-6/h1-4H,(H,8,9)(H,10,11,12). The van der Waals surface area contributed by atoms with Gasteiger partial charge >= 0.3 is 0 Å². The molecule has 0 aromatic carbocycles. The molecular weight excluding hydrogens is 172 g/mol. The average Bonchev–Trinajstić information content (AvgIpc) is 2.56. The molecule has 2 aromatic rings. The monoisotopic (exact) mass is 178 g/mol. The van der Waals surface area contributed by atoms with E-state index in [2.05, 4.69) is 32.6 Å². The Balaban J connectivity index is 2.48. The zero-order chi connectivity index (χ0) is 8.39. The van der Waals surface area contributed by atoms with E-state index in [1.54, 1.807) is 24.7 Å². The minimum absolute atomic E-state index is 0.448. The first kappa shape index (κ1) is 7.30. The smallest absolute Gasteiger partial charge is 0.185 e. The predicted octanol–water partition coefficient (Wildman–Crippen LogP) is 1.16. The number of aromatic amines is 1. The molecule has 60 valence electrons. The maximum Gasteiger partial charge on any atom is 0.185 e. The molecule has 2 aromatic heterocycles. The van der Waals surface area contributed by atoms with Crippen LogP contribution in [0, 0.1) is 0 Å². The zero-order valence-corrected chi connectivity index (χ0v) is 6.99. The number of nitrogens with one attached hydrogen (secondary N) is 1. The van der Waals surface area contributed by atoms with E-state index in [1.165, 1.54) is 0 Å². The SMILES string of the molecule is Sc1nccc(-c2ncc[nH]2)n1. The number of rotatable bonds is 1. The molecule has 2 rings (SSSR count). The van der Waals surface area contributed by atoms with Crippen LogP contribution in [0.15, 0.2) is 29.8 Å². The molecule has 12 heavy (non-hydrogen) atoms. The van der Waals surface area contributed by atoms with Crippen LogP contribution >= 0.6 is 12.6 Å². The van der Waals surface area contributed by atoms with Crippen molar-refractivity contribution in [3.8, 4) is 11.5 Å². The molecule has 0 bridgehead atoms. The molecule has 0 fully saturated rings. The summed E-state index contributed by atoms with van der Waals surface area (Å²) in [5, 5.41) is 0.448. The number of H-pyrrole nitrogens is 1. The van der Waals surface area contributed by atoms with Gasteiger partial charge in [0.15, 0.2) is 11.0 Å². The maximum atomic E-state index is 4.07. The molecule has 0 spiro atoms. The third-order valence-corrected chi connectivity index (χ3v) is 1.60. The van der Waals surface area contributed by atoms with Crippen LogP contribution in [-0.4, -0.2) is 19.9 Å². The molecule has 0 unspecified atom stereocenters. The number of nitrogens with zero attached hydrogens (tertiary/aromatic N) is 3. The van der Waals surface area contributed by atoms with Crippen LogP contribution in [0.1, 0.15) is 0 Å². The summed E-state index contributed by atoms with van der Waals surface area (Å²) in [5.41, 5.74) is 0.750. The Labute approximate surface area is 74.5 Å². The summed E-state index contributed by atoms with van der Waals surface area (Å²) >= 11 is 4.02. The lowest BCUT2D eigenvalue weighted by Crippen LogP contribution is -1.88. The molecule has 0 aliphatic carbocycles. The normalized spacial score (nSPS) is 10.1. The minimum Gasteiger partial charge on any atom is -0.343 e. The molecule has 0 atom stereocenters. The second-order valence-electron chi connectivity index (χ2n) is 2.18.